The third kappa shape index (κ3) is 6.55. The summed E-state index contributed by atoms with van der Waals surface area (Å²) in [5, 5.41) is 5.59. The maximum absolute atomic E-state index is 12.1. The van der Waals surface area contributed by atoms with Gasteiger partial charge in [0, 0.05) is 5.75 Å². The number of nitrogens with two attached hydrogens (primary N) is 1. The van der Waals surface area contributed by atoms with Gasteiger partial charge in [-0.15, -0.1) is 10.9 Å². The second-order valence-electron chi connectivity index (χ2n) is 5.01. The molecule has 1 amide bonds. The van der Waals surface area contributed by atoms with Crippen molar-refractivity contribution in [3.63, 3.8) is 0 Å². The van der Waals surface area contributed by atoms with Crippen LogP contribution in [0.3, 0.4) is 0 Å². The van der Waals surface area contributed by atoms with E-state index in [-0.39, 0.29) is 11.7 Å². The zero-order valence-corrected chi connectivity index (χ0v) is 13.2. The van der Waals surface area contributed by atoms with Crippen LogP contribution in [-0.4, -0.2) is 16.1 Å². The van der Waals surface area contributed by atoms with Crippen molar-refractivity contribution in [3.05, 3.63) is 48.6 Å². The largest absolute Gasteiger partial charge is 0.443 e. The Hall–Kier alpha value is -1.66. The van der Waals surface area contributed by atoms with Gasteiger partial charge in [-0.25, -0.2) is 14.1 Å². The van der Waals surface area contributed by atoms with Crippen molar-refractivity contribution in [2.24, 2.45) is 15.4 Å². The van der Waals surface area contributed by atoms with E-state index in [1.54, 1.807) is 13.0 Å². The van der Waals surface area contributed by atoms with E-state index >= 15 is 0 Å². The molecule has 0 bridgehead atoms. The van der Waals surface area contributed by atoms with Crippen molar-refractivity contribution >= 4 is 16.0 Å². The van der Waals surface area contributed by atoms with Crippen molar-refractivity contribution < 1.29 is 13.7 Å². The summed E-state index contributed by atoms with van der Waals surface area (Å²) in [6.07, 6.45) is 1.02. The van der Waals surface area contributed by atoms with E-state index in [0.717, 1.165) is 5.56 Å². The zero-order valence-electron chi connectivity index (χ0n) is 12.4. The Balaban J connectivity index is 2.68. The van der Waals surface area contributed by atoms with E-state index in [4.69, 9.17) is 9.88 Å². The minimum absolute atomic E-state index is 0.0445. The van der Waals surface area contributed by atoms with Crippen molar-refractivity contribution in [3.8, 4) is 0 Å². The molecule has 0 aromatic heterocycles. The second-order valence-corrected chi connectivity index (χ2v) is 6.91. The van der Waals surface area contributed by atoms with Crippen molar-refractivity contribution in [2.75, 3.05) is 5.75 Å². The molecule has 1 aromatic carbocycles. The highest BCUT2D eigenvalue weighted by atomic mass is 32.2. The molecule has 0 fully saturated rings. The van der Waals surface area contributed by atoms with Crippen molar-refractivity contribution in [1.29, 1.82) is 0 Å². The first-order valence-electron chi connectivity index (χ1n) is 6.73. The smallest absolute Gasteiger partial charge is 0.440 e. The number of hydrogen-bond acceptors (Lipinski definition) is 3. The van der Waals surface area contributed by atoms with E-state index in [0.29, 0.717) is 6.42 Å². The number of ether oxygens (including phenoxy) is 1. The van der Waals surface area contributed by atoms with Crippen LogP contribution in [0.25, 0.3) is 0 Å². The third-order valence-electron chi connectivity index (χ3n) is 2.87. The van der Waals surface area contributed by atoms with Crippen LogP contribution in [0, 0.1) is 5.92 Å². The van der Waals surface area contributed by atoms with Gasteiger partial charge in [-0.05, 0) is 24.8 Å². The van der Waals surface area contributed by atoms with Crippen LogP contribution in [0.1, 0.15) is 31.9 Å². The van der Waals surface area contributed by atoms with Gasteiger partial charge in [0.1, 0.15) is 16.0 Å². The summed E-state index contributed by atoms with van der Waals surface area (Å²) in [7, 11) is -3.08. The lowest BCUT2D eigenvalue weighted by Crippen LogP contribution is -2.23. The lowest BCUT2D eigenvalue weighted by Gasteiger charge is -2.13. The Bertz CT molecular complexity index is 592. The summed E-state index contributed by atoms with van der Waals surface area (Å²) < 4.78 is 20.7. The topological polar surface area (TPSA) is 81.8 Å². The molecule has 0 spiro atoms. The number of rotatable bonds is 6. The van der Waals surface area contributed by atoms with Crippen LogP contribution in [0.2, 0.25) is 0 Å². The summed E-state index contributed by atoms with van der Waals surface area (Å²) >= 11 is 0. The van der Waals surface area contributed by atoms with Gasteiger partial charge in [0.2, 0.25) is 0 Å². The molecule has 21 heavy (non-hydrogen) atoms. The van der Waals surface area contributed by atoms with Gasteiger partial charge >= 0.3 is 6.09 Å². The first-order valence-corrected chi connectivity index (χ1v) is 8.48. The fourth-order valence-electron chi connectivity index (χ4n) is 1.89. The van der Waals surface area contributed by atoms with Gasteiger partial charge in [-0.1, -0.05) is 43.3 Å². The van der Waals surface area contributed by atoms with E-state index in [1.807, 2.05) is 37.3 Å². The maximum atomic E-state index is 12.1. The summed E-state index contributed by atoms with van der Waals surface area (Å²) in [5.74, 6) is 0.177. The van der Waals surface area contributed by atoms with Crippen LogP contribution in [-0.2, 0) is 14.7 Å². The molecule has 3 atom stereocenters. The first-order chi connectivity index (χ1) is 9.84. The van der Waals surface area contributed by atoms with E-state index < -0.39 is 22.1 Å². The predicted molar refractivity (Wildman–Crippen MR) is 84.9 cm³/mol. The molecule has 2 N–H and O–H groups in total. The van der Waals surface area contributed by atoms with Crippen LogP contribution in [0.5, 0.6) is 0 Å². The molecule has 6 heteroatoms. The summed E-state index contributed by atoms with van der Waals surface area (Å²) in [6.45, 7) is 7.21. The Morgan fingerprint density at radius 2 is 2.05 bits per heavy atom. The molecule has 0 unspecified atom stereocenters. The standard InChI is InChI=1S/C15H22N2O3S/c1-4-8-12(2)11-21(16,19)17-15(18)20-13(3)14-9-6-5-7-10-14/h4-7,9-10,12-13H,1,8,11H2,2-3H3,(H2,16,17,18,19)/t12-,13-,21+/m0/s1. The summed E-state index contributed by atoms with van der Waals surface area (Å²) in [6, 6.07) is 9.24. The highest BCUT2D eigenvalue weighted by molar-refractivity contribution is 7.91. The fourth-order valence-corrected chi connectivity index (χ4v) is 3.21. The Morgan fingerprint density at radius 3 is 2.62 bits per heavy atom. The molecule has 0 radical (unpaired) electrons. The Morgan fingerprint density at radius 1 is 1.43 bits per heavy atom. The lowest BCUT2D eigenvalue weighted by molar-refractivity contribution is 0.117. The normalized spacial score (nSPS) is 16.3. The molecule has 0 aliphatic heterocycles. The third-order valence-corrected chi connectivity index (χ3v) is 4.37. The highest BCUT2D eigenvalue weighted by Crippen LogP contribution is 2.17. The number of carbonyl (C=O) groups is 1. The number of carbonyl (C=O) groups excluding carboxylic acids is 1. The molecule has 0 heterocycles. The van der Waals surface area contributed by atoms with Gasteiger partial charge in [0.25, 0.3) is 0 Å². The minimum Gasteiger partial charge on any atom is -0.440 e. The predicted octanol–water partition coefficient (Wildman–Crippen LogP) is 3.44. The number of allylic oxidation sites excluding steroid dienone is 1. The number of nitrogens with zero attached hydrogens (tertiary/aromatic N) is 1. The second kappa shape index (κ2) is 7.95. The summed E-state index contributed by atoms with van der Waals surface area (Å²) in [5.41, 5.74) is 0.838. The minimum atomic E-state index is -3.08. The average molecular weight is 310 g/mol. The van der Waals surface area contributed by atoms with E-state index in [2.05, 4.69) is 10.9 Å². The van der Waals surface area contributed by atoms with Gasteiger partial charge in [-0.2, -0.15) is 0 Å². The van der Waals surface area contributed by atoms with Gasteiger partial charge in [0.05, 0.1) is 0 Å². The Kier molecular flexibility index (Phi) is 6.58. The first kappa shape index (κ1) is 17.4. The monoisotopic (exact) mass is 310 g/mol. The summed E-state index contributed by atoms with van der Waals surface area (Å²) in [4.78, 5) is 11.7. The Labute approximate surface area is 126 Å². The van der Waals surface area contributed by atoms with Gasteiger partial charge in [0.15, 0.2) is 0 Å². The maximum Gasteiger partial charge on any atom is 0.443 e. The quantitative estimate of drug-likeness (QED) is 0.817. The molecule has 0 aliphatic carbocycles. The highest BCUT2D eigenvalue weighted by Gasteiger charge is 2.15. The molecule has 0 saturated heterocycles. The van der Waals surface area contributed by atoms with Crippen LogP contribution in [0.4, 0.5) is 4.79 Å². The van der Waals surface area contributed by atoms with Gasteiger partial charge < -0.3 is 4.74 Å². The van der Waals surface area contributed by atoms with Crippen LogP contribution in [0.15, 0.2) is 47.3 Å². The molecule has 116 valence electrons. The van der Waals surface area contributed by atoms with Gasteiger partial charge in [-0.3, -0.25) is 0 Å². The number of benzene rings is 1. The number of hydrogen-bond donors (Lipinski definition) is 1. The van der Waals surface area contributed by atoms with Crippen LogP contribution < -0.4 is 5.14 Å². The fraction of sp³-hybridized carbons (Fsp3) is 0.400. The number of amides is 1. The molecular weight excluding hydrogens is 288 g/mol. The average Bonchev–Trinajstić information content (AvgIpc) is 2.38. The molecule has 0 aliphatic rings. The van der Waals surface area contributed by atoms with Crippen molar-refractivity contribution in [1.82, 2.24) is 0 Å². The molecule has 0 saturated carbocycles. The SMILES string of the molecule is C=CC[C@H](C)C[S@](N)(=O)=NC(=O)O[C@@H](C)c1ccccc1. The molecule has 1 rings (SSSR count). The lowest BCUT2D eigenvalue weighted by atomic mass is 10.1. The zero-order chi connectivity index (χ0) is 15.9. The van der Waals surface area contributed by atoms with E-state index in [9.17, 15) is 9.00 Å². The van der Waals surface area contributed by atoms with Crippen molar-refractivity contribution in [2.45, 2.75) is 26.4 Å². The van der Waals surface area contributed by atoms with E-state index in [1.165, 1.54) is 0 Å². The van der Waals surface area contributed by atoms with Crippen LogP contribution >= 0.6 is 0 Å². The molecule has 5 nitrogen and oxygen atoms in total. The molecule has 1 aromatic rings. The molecular formula is C15H22N2O3S.